The number of aromatic nitrogens is 1. The lowest BCUT2D eigenvalue weighted by Crippen LogP contribution is -2.35. The molecular formula is C25H26ClN3O3S. The van der Waals surface area contributed by atoms with Crippen molar-refractivity contribution in [2.45, 2.75) is 39.7 Å². The Morgan fingerprint density at radius 3 is 2.64 bits per heavy atom. The SMILES string of the molecule is Cc1cc(OCCCC(=O)Nc2nc3c(s2)CN(C(=O)c2ccccc2)CC3)cc(C)c1Cl. The van der Waals surface area contributed by atoms with Crippen LogP contribution in [-0.4, -0.2) is 34.8 Å². The molecule has 2 amide bonds. The molecule has 0 fully saturated rings. The number of halogens is 1. The van der Waals surface area contributed by atoms with E-state index >= 15 is 0 Å². The van der Waals surface area contributed by atoms with Crippen LogP contribution in [0.4, 0.5) is 5.13 Å². The van der Waals surface area contributed by atoms with Gasteiger partial charge in [0, 0.05) is 34.8 Å². The lowest BCUT2D eigenvalue weighted by molar-refractivity contribution is -0.116. The van der Waals surface area contributed by atoms with E-state index in [9.17, 15) is 9.59 Å². The zero-order chi connectivity index (χ0) is 23.4. The number of thiazole rings is 1. The van der Waals surface area contributed by atoms with Gasteiger partial charge in [-0.15, -0.1) is 0 Å². The van der Waals surface area contributed by atoms with Crippen molar-refractivity contribution in [3.05, 3.63) is 74.7 Å². The number of nitrogens with zero attached hydrogens (tertiary/aromatic N) is 2. The van der Waals surface area contributed by atoms with Gasteiger partial charge in [-0.05, 0) is 55.7 Å². The molecule has 2 heterocycles. The summed E-state index contributed by atoms with van der Waals surface area (Å²) in [4.78, 5) is 32.5. The van der Waals surface area contributed by atoms with E-state index in [0.29, 0.717) is 49.7 Å². The van der Waals surface area contributed by atoms with Crippen LogP contribution in [0.3, 0.4) is 0 Å². The summed E-state index contributed by atoms with van der Waals surface area (Å²) < 4.78 is 5.77. The average Bonchev–Trinajstić information content (AvgIpc) is 3.21. The van der Waals surface area contributed by atoms with Gasteiger partial charge in [0.15, 0.2) is 5.13 Å². The first-order valence-electron chi connectivity index (χ1n) is 10.9. The molecule has 0 bridgehead atoms. The average molecular weight is 484 g/mol. The number of carbonyl (C=O) groups is 2. The van der Waals surface area contributed by atoms with Crippen LogP contribution in [0, 0.1) is 13.8 Å². The van der Waals surface area contributed by atoms with Crippen LogP contribution in [0.1, 0.15) is 44.9 Å². The number of benzene rings is 2. The maximum atomic E-state index is 12.7. The molecule has 0 saturated heterocycles. The predicted molar refractivity (Wildman–Crippen MR) is 131 cm³/mol. The van der Waals surface area contributed by atoms with Gasteiger partial charge >= 0.3 is 0 Å². The first-order valence-corrected chi connectivity index (χ1v) is 12.1. The van der Waals surface area contributed by atoms with Crippen molar-refractivity contribution in [2.24, 2.45) is 0 Å². The Kier molecular flexibility index (Phi) is 7.30. The summed E-state index contributed by atoms with van der Waals surface area (Å²) in [6, 6.07) is 13.1. The molecule has 2 aromatic carbocycles. The third-order valence-electron chi connectivity index (χ3n) is 5.51. The monoisotopic (exact) mass is 483 g/mol. The van der Waals surface area contributed by atoms with E-state index in [0.717, 1.165) is 32.5 Å². The fourth-order valence-electron chi connectivity index (χ4n) is 3.78. The quantitative estimate of drug-likeness (QED) is 0.456. The smallest absolute Gasteiger partial charge is 0.254 e. The van der Waals surface area contributed by atoms with Crippen molar-refractivity contribution >= 4 is 39.9 Å². The van der Waals surface area contributed by atoms with E-state index in [1.54, 1.807) is 0 Å². The molecule has 0 radical (unpaired) electrons. The minimum absolute atomic E-state index is 0.0197. The van der Waals surface area contributed by atoms with E-state index in [2.05, 4.69) is 10.3 Å². The standard InChI is InChI=1S/C25H26ClN3O3S/c1-16-13-19(14-17(2)23(16)26)32-12-6-9-22(30)28-25-27-20-10-11-29(15-21(20)33-25)24(31)18-7-4-3-5-8-18/h3-5,7-8,13-14H,6,9-12,15H2,1-2H3,(H,27,28,30). The van der Waals surface area contributed by atoms with Gasteiger partial charge in [0.2, 0.25) is 5.91 Å². The molecule has 0 spiro atoms. The maximum Gasteiger partial charge on any atom is 0.254 e. The van der Waals surface area contributed by atoms with Gasteiger partial charge in [-0.3, -0.25) is 9.59 Å². The molecule has 0 aliphatic carbocycles. The molecule has 0 atom stereocenters. The third kappa shape index (κ3) is 5.72. The molecular weight excluding hydrogens is 458 g/mol. The lowest BCUT2D eigenvalue weighted by atomic mass is 10.1. The zero-order valence-electron chi connectivity index (χ0n) is 18.7. The topological polar surface area (TPSA) is 71.5 Å². The highest BCUT2D eigenvalue weighted by molar-refractivity contribution is 7.15. The zero-order valence-corrected chi connectivity index (χ0v) is 20.3. The van der Waals surface area contributed by atoms with Crippen LogP contribution in [0.5, 0.6) is 5.75 Å². The van der Waals surface area contributed by atoms with Gasteiger partial charge < -0.3 is 15.0 Å². The van der Waals surface area contributed by atoms with Crippen molar-refractivity contribution in [1.29, 1.82) is 0 Å². The minimum atomic E-state index is -0.0922. The van der Waals surface area contributed by atoms with E-state index < -0.39 is 0 Å². The fourth-order valence-corrected chi connectivity index (χ4v) is 4.93. The normalized spacial score (nSPS) is 12.9. The molecule has 1 aliphatic rings. The second-order valence-electron chi connectivity index (χ2n) is 8.10. The highest BCUT2D eigenvalue weighted by Gasteiger charge is 2.25. The molecule has 8 heteroatoms. The number of rotatable bonds is 7. The van der Waals surface area contributed by atoms with Crippen LogP contribution >= 0.6 is 22.9 Å². The van der Waals surface area contributed by atoms with Crippen LogP contribution < -0.4 is 10.1 Å². The molecule has 1 aliphatic heterocycles. The summed E-state index contributed by atoms with van der Waals surface area (Å²) >= 11 is 7.63. The summed E-state index contributed by atoms with van der Waals surface area (Å²) in [6.45, 7) is 5.47. The van der Waals surface area contributed by atoms with Gasteiger partial charge in [-0.2, -0.15) is 0 Å². The number of nitrogens with one attached hydrogen (secondary N) is 1. The first-order chi connectivity index (χ1) is 15.9. The first kappa shape index (κ1) is 23.3. The van der Waals surface area contributed by atoms with Gasteiger partial charge in [-0.25, -0.2) is 4.98 Å². The Balaban J connectivity index is 1.25. The third-order valence-corrected chi connectivity index (χ3v) is 7.11. The summed E-state index contributed by atoms with van der Waals surface area (Å²) in [7, 11) is 0. The highest BCUT2D eigenvalue weighted by Crippen LogP contribution is 2.29. The van der Waals surface area contributed by atoms with E-state index in [1.807, 2.05) is 61.2 Å². The lowest BCUT2D eigenvalue weighted by Gasteiger charge is -2.26. The number of aryl methyl sites for hydroxylation is 2. The van der Waals surface area contributed by atoms with Crippen molar-refractivity contribution < 1.29 is 14.3 Å². The van der Waals surface area contributed by atoms with Crippen molar-refractivity contribution in [3.63, 3.8) is 0 Å². The Labute approximate surface area is 202 Å². The summed E-state index contributed by atoms with van der Waals surface area (Å²) in [5.41, 5.74) is 3.59. The van der Waals surface area contributed by atoms with Crippen LogP contribution in [0.25, 0.3) is 0 Å². The van der Waals surface area contributed by atoms with Gasteiger partial charge in [0.1, 0.15) is 5.75 Å². The number of hydrogen-bond acceptors (Lipinski definition) is 5. The van der Waals surface area contributed by atoms with Gasteiger partial charge in [-0.1, -0.05) is 41.1 Å². The molecule has 3 aromatic rings. The van der Waals surface area contributed by atoms with Crippen LogP contribution in [-0.2, 0) is 17.8 Å². The number of anilines is 1. The number of fused-ring (bicyclic) bond motifs is 1. The molecule has 33 heavy (non-hydrogen) atoms. The number of carbonyl (C=O) groups excluding carboxylic acids is 2. The molecule has 6 nitrogen and oxygen atoms in total. The second-order valence-corrected chi connectivity index (χ2v) is 9.56. The molecule has 172 valence electrons. The van der Waals surface area contributed by atoms with Gasteiger partial charge in [0.25, 0.3) is 5.91 Å². The molecule has 0 unspecified atom stereocenters. The Morgan fingerprint density at radius 2 is 1.91 bits per heavy atom. The van der Waals surface area contributed by atoms with Crippen molar-refractivity contribution in [1.82, 2.24) is 9.88 Å². The fraction of sp³-hybridized carbons (Fsp3) is 0.320. The minimum Gasteiger partial charge on any atom is -0.494 e. The Morgan fingerprint density at radius 1 is 1.18 bits per heavy atom. The van der Waals surface area contributed by atoms with E-state index in [1.165, 1.54) is 11.3 Å². The Hall–Kier alpha value is -2.90. The Bertz CT molecular complexity index is 1140. The second kappa shape index (κ2) is 10.4. The van der Waals surface area contributed by atoms with Crippen molar-refractivity contribution in [3.8, 4) is 5.75 Å². The summed E-state index contributed by atoms with van der Waals surface area (Å²) in [5.74, 6) is 0.689. The molecule has 1 N–H and O–H groups in total. The summed E-state index contributed by atoms with van der Waals surface area (Å²) in [6.07, 6.45) is 1.62. The predicted octanol–water partition coefficient (Wildman–Crippen LogP) is 5.41. The molecule has 0 saturated carbocycles. The van der Waals surface area contributed by atoms with Crippen molar-refractivity contribution in [2.75, 3.05) is 18.5 Å². The highest BCUT2D eigenvalue weighted by atomic mass is 35.5. The summed E-state index contributed by atoms with van der Waals surface area (Å²) in [5, 5.41) is 4.23. The largest absolute Gasteiger partial charge is 0.494 e. The number of hydrogen-bond donors (Lipinski definition) is 1. The number of amides is 2. The van der Waals surface area contributed by atoms with E-state index in [-0.39, 0.29) is 11.8 Å². The van der Waals surface area contributed by atoms with E-state index in [4.69, 9.17) is 16.3 Å². The molecule has 4 rings (SSSR count). The number of ether oxygens (including phenoxy) is 1. The maximum absolute atomic E-state index is 12.7. The molecule has 1 aromatic heterocycles. The van der Waals surface area contributed by atoms with Crippen LogP contribution in [0.15, 0.2) is 42.5 Å². The van der Waals surface area contributed by atoms with Gasteiger partial charge in [0.05, 0.1) is 18.8 Å². The van der Waals surface area contributed by atoms with Crippen LogP contribution in [0.2, 0.25) is 5.02 Å².